The van der Waals surface area contributed by atoms with Crippen LogP contribution in [0.15, 0.2) is 18.2 Å². The van der Waals surface area contributed by atoms with Crippen LogP contribution in [0, 0.1) is 13.8 Å². The molecule has 1 rings (SSSR count). The van der Waals surface area contributed by atoms with E-state index in [0.29, 0.717) is 6.61 Å². The van der Waals surface area contributed by atoms with Crippen molar-refractivity contribution in [3.05, 3.63) is 29.3 Å². The molecule has 1 unspecified atom stereocenters. The van der Waals surface area contributed by atoms with Gasteiger partial charge in [-0.15, -0.1) is 0 Å². The molecule has 0 spiro atoms. The van der Waals surface area contributed by atoms with Crippen molar-refractivity contribution >= 4 is 5.97 Å². The van der Waals surface area contributed by atoms with Gasteiger partial charge in [0, 0.05) is 6.04 Å². The van der Waals surface area contributed by atoms with Gasteiger partial charge in [-0.3, -0.25) is 10.1 Å². The van der Waals surface area contributed by atoms with Gasteiger partial charge < -0.3 is 9.47 Å². The van der Waals surface area contributed by atoms with Crippen molar-refractivity contribution < 1.29 is 14.3 Å². The number of rotatable bonds is 7. The summed E-state index contributed by atoms with van der Waals surface area (Å²) < 4.78 is 10.9. The number of ether oxygens (including phenoxy) is 2. The zero-order valence-electron chi connectivity index (χ0n) is 13.0. The number of esters is 1. The van der Waals surface area contributed by atoms with Crippen LogP contribution in [0.4, 0.5) is 0 Å². The minimum absolute atomic E-state index is 0.187. The number of aryl methyl sites for hydroxylation is 1. The first kappa shape index (κ1) is 16.5. The molecule has 0 aromatic heterocycles. The third-order valence-electron chi connectivity index (χ3n) is 3.07. The molecule has 1 aromatic carbocycles. The number of benzene rings is 1. The van der Waals surface area contributed by atoms with Crippen LogP contribution >= 0.6 is 0 Å². The van der Waals surface area contributed by atoms with E-state index < -0.39 is 6.04 Å². The van der Waals surface area contributed by atoms with Gasteiger partial charge in [-0.1, -0.05) is 26.0 Å². The molecule has 0 aliphatic carbocycles. The Kier molecular flexibility index (Phi) is 6.52. The molecule has 0 heterocycles. The number of hydrogen-bond acceptors (Lipinski definition) is 4. The number of carbonyl (C=O) groups is 1. The molecule has 0 fully saturated rings. The van der Waals surface area contributed by atoms with Crippen molar-refractivity contribution in [1.82, 2.24) is 5.32 Å². The average molecular weight is 279 g/mol. The first-order valence-corrected chi connectivity index (χ1v) is 7.07. The van der Waals surface area contributed by atoms with Gasteiger partial charge in [0.05, 0.1) is 6.61 Å². The second-order valence-corrected chi connectivity index (χ2v) is 5.14. The predicted molar refractivity (Wildman–Crippen MR) is 80.1 cm³/mol. The van der Waals surface area contributed by atoms with E-state index in [1.807, 2.05) is 45.9 Å². The zero-order valence-corrected chi connectivity index (χ0v) is 13.0. The van der Waals surface area contributed by atoms with Crippen LogP contribution in [0.1, 0.15) is 31.9 Å². The Labute approximate surface area is 121 Å². The van der Waals surface area contributed by atoms with Gasteiger partial charge in [0.1, 0.15) is 18.4 Å². The second-order valence-electron chi connectivity index (χ2n) is 5.14. The molecule has 0 saturated carbocycles. The molecule has 112 valence electrons. The molecule has 0 saturated heterocycles. The quantitative estimate of drug-likeness (QED) is 0.779. The summed E-state index contributed by atoms with van der Waals surface area (Å²) in [5.74, 6) is 0.538. The van der Waals surface area contributed by atoms with Crippen molar-refractivity contribution in [2.75, 3.05) is 13.2 Å². The summed E-state index contributed by atoms with van der Waals surface area (Å²) in [6, 6.07) is 5.64. The van der Waals surface area contributed by atoms with Crippen LogP contribution in [0.3, 0.4) is 0 Å². The Balaban J connectivity index is 2.70. The summed E-state index contributed by atoms with van der Waals surface area (Å²) >= 11 is 0. The van der Waals surface area contributed by atoms with E-state index in [1.165, 1.54) is 5.56 Å². The molecular weight excluding hydrogens is 254 g/mol. The molecule has 4 heteroatoms. The van der Waals surface area contributed by atoms with E-state index >= 15 is 0 Å². The molecule has 1 aromatic rings. The molecule has 0 bridgehead atoms. The van der Waals surface area contributed by atoms with Crippen LogP contribution < -0.4 is 10.1 Å². The fourth-order valence-electron chi connectivity index (χ4n) is 1.88. The highest BCUT2D eigenvalue weighted by molar-refractivity contribution is 5.76. The maximum atomic E-state index is 11.9. The van der Waals surface area contributed by atoms with E-state index in [1.54, 1.807) is 6.92 Å². The van der Waals surface area contributed by atoms with E-state index in [2.05, 4.69) is 5.32 Å². The van der Waals surface area contributed by atoms with E-state index in [9.17, 15) is 4.79 Å². The van der Waals surface area contributed by atoms with Crippen LogP contribution in [0.25, 0.3) is 0 Å². The summed E-state index contributed by atoms with van der Waals surface area (Å²) in [6.45, 7) is 10.5. The van der Waals surface area contributed by atoms with Crippen LogP contribution in [-0.4, -0.2) is 31.3 Å². The zero-order chi connectivity index (χ0) is 15.1. The van der Waals surface area contributed by atoms with Crippen molar-refractivity contribution in [3.8, 4) is 5.75 Å². The topological polar surface area (TPSA) is 47.6 Å². The Morgan fingerprint density at radius 1 is 1.30 bits per heavy atom. The lowest BCUT2D eigenvalue weighted by Crippen LogP contribution is -2.45. The highest BCUT2D eigenvalue weighted by Crippen LogP contribution is 2.20. The smallest absolute Gasteiger partial charge is 0.326 e. The molecule has 0 amide bonds. The molecule has 0 aliphatic rings. The largest absolute Gasteiger partial charge is 0.491 e. The normalized spacial score (nSPS) is 12.3. The van der Waals surface area contributed by atoms with Gasteiger partial charge in [-0.2, -0.15) is 0 Å². The van der Waals surface area contributed by atoms with Crippen molar-refractivity contribution in [3.63, 3.8) is 0 Å². The molecule has 20 heavy (non-hydrogen) atoms. The monoisotopic (exact) mass is 279 g/mol. The minimum Gasteiger partial charge on any atom is -0.491 e. The molecule has 0 aliphatic heterocycles. The van der Waals surface area contributed by atoms with Gasteiger partial charge in [0.2, 0.25) is 0 Å². The lowest BCUT2D eigenvalue weighted by molar-refractivity contribution is -0.146. The van der Waals surface area contributed by atoms with Crippen molar-refractivity contribution in [2.45, 2.75) is 46.7 Å². The number of nitrogens with one attached hydrogen (secondary N) is 1. The van der Waals surface area contributed by atoms with Crippen molar-refractivity contribution in [1.29, 1.82) is 0 Å². The predicted octanol–water partition coefficient (Wildman–Crippen LogP) is 2.61. The minimum atomic E-state index is -0.449. The Bertz CT molecular complexity index is 443. The highest BCUT2D eigenvalue weighted by atomic mass is 16.5. The van der Waals surface area contributed by atoms with Crippen LogP contribution in [0.5, 0.6) is 5.75 Å². The van der Waals surface area contributed by atoms with Gasteiger partial charge in [-0.05, 0) is 38.0 Å². The molecule has 4 nitrogen and oxygen atoms in total. The van der Waals surface area contributed by atoms with E-state index in [4.69, 9.17) is 9.47 Å². The first-order valence-electron chi connectivity index (χ1n) is 7.07. The van der Waals surface area contributed by atoms with Gasteiger partial charge in [-0.25, -0.2) is 0 Å². The van der Waals surface area contributed by atoms with Gasteiger partial charge in [0.25, 0.3) is 0 Å². The fourth-order valence-corrected chi connectivity index (χ4v) is 1.88. The molecule has 0 radical (unpaired) electrons. The second kappa shape index (κ2) is 7.90. The molecule has 1 atom stereocenters. The van der Waals surface area contributed by atoms with E-state index in [-0.39, 0.29) is 18.6 Å². The maximum Gasteiger partial charge on any atom is 0.326 e. The van der Waals surface area contributed by atoms with Gasteiger partial charge >= 0.3 is 5.97 Å². The van der Waals surface area contributed by atoms with Crippen LogP contribution in [-0.2, 0) is 9.53 Å². The number of carbonyl (C=O) groups excluding carboxylic acids is 1. The molecular formula is C16H25NO3. The first-order chi connectivity index (χ1) is 9.45. The lowest BCUT2D eigenvalue weighted by atomic mass is 10.1. The fraction of sp³-hybridized carbons (Fsp3) is 0.562. The van der Waals surface area contributed by atoms with Crippen molar-refractivity contribution in [2.24, 2.45) is 0 Å². The third-order valence-corrected chi connectivity index (χ3v) is 3.07. The maximum absolute atomic E-state index is 11.9. The van der Waals surface area contributed by atoms with Crippen LogP contribution in [0.2, 0.25) is 0 Å². The average Bonchev–Trinajstić information content (AvgIpc) is 2.38. The van der Waals surface area contributed by atoms with E-state index in [0.717, 1.165) is 11.3 Å². The Hall–Kier alpha value is -1.55. The summed E-state index contributed by atoms with van der Waals surface area (Å²) in [7, 11) is 0. The molecule has 1 N–H and O–H groups in total. The third kappa shape index (κ3) is 4.85. The highest BCUT2D eigenvalue weighted by Gasteiger charge is 2.21. The lowest BCUT2D eigenvalue weighted by Gasteiger charge is -2.21. The summed E-state index contributed by atoms with van der Waals surface area (Å²) in [5, 5.41) is 3.17. The Morgan fingerprint density at radius 3 is 2.60 bits per heavy atom. The number of hydrogen-bond donors (Lipinski definition) is 1. The van der Waals surface area contributed by atoms with Gasteiger partial charge in [0.15, 0.2) is 0 Å². The Morgan fingerprint density at radius 2 is 2.00 bits per heavy atom. The SMILES string of the molecule is CCOC(=O)C(COc1cccc(C)c1C)NC(C)C. The summed E-state index contributed by atoms with van der Waals surface area (Å²) in [5.41, 5.74) is 2.27. The summed E-state index contributed by atoms with van der Waals surface area (Å²) in [4.78, 5) is 11.9. The summed E-state index contributed by atoms with van der Waals surface area (Å²) in [6.07, 6.45) is 0. The standard InChI is InChI=1S/C16H25NO3/c1-6-19-16(18)14(17-11(2)3)10-20-15-9-7-8-12(4)13(15)5/h7-9,11,14,17H,6,10H2,1-5H3.